The molecule has 2 aliphatic heterocycles. The van der Waals surface area contributed by atoms with Crippen LogP contribution in [0, 0.1) is 0 Å². The third-order valence-corrected chi connectivity index (χ3v) is 4.52. The van der Waals surface area contributed by atoms with Gasteiger partial charge in [-0.3, -0.25) is 9.69 Å². The summed E-state index contributed by atoms with van der Waals surface area (Å²) in [6.45, 7) is 4.26. The third-order valence-electron chi connectivity index (χ3n) is 4.52. The van der Waals surface area contributed by atoms with Crippen molar-refractivity contribution < 1.29 is 9.90 Å². The molecule has 0 aliphatic carbocycles. The molecule has 0 radical (unpaired) electrons. The number of aliphatic hydroxyl groups is 1. The van der Waals surface area contributed by atoms with Crippen LogP contribution < -0.4 is 0 Å². The quantitative estimate of drug-likeness (QED) is 0.796. The molecule has 0 aromatic heterocycles. The molecule has 1 amide bonds. The molecule has 1 N–H and O–H groups in total. The zero-order valence-electron chi connectivity index (χ0n) is 12.0. The molecule has 1 unspecified atom stereocenters. The van der Waals surface area contributed by atoms with Gasteiger partial charge in [-0.15, -0.1) is 0 Å². The Morgan fingerprint density at radius 1 is 1.11 bits per heavy atom. The largest absolute Gasteiger partial charge is 0.396 e. The number of amides is 1. The average molecular weight is 268 g/mol. The van der Waals surface area contributed by atoms with Gasteiger partial charge in [0.25, 0.3) is 0 Å². The summed E-state index contributed by atoms with van der Waals surface area (Å²) in [7, 11) is 0. The van der Waals surface area contributed by atoms with Crippen LogP contribution in [0.3, 0.4) is 0 Å². The maximum absolute atomic E-state index is 12.1. The van der Waals surface area contributed by atoms with Gasteiger partial charge in [0.1, 0.15) is 0 Å². The summed E-state index contributed by atoms with van der Waals surface area (Å²) < 4.78 is 0. The molecule has 2 rings (SSSR count). The molecule has 2 heterocycles. The van der Waals surface area contributed by atoms with Gasteiger partial charge in [-0.05, 0) is 51.5 Å². The fourth-order valence-electron chi connectivity index (χ4n) is 3.38. The third kappa shape index (κ3) is 4.46. The van der Waals surface area contributed by atoms with Gasteiger partial charge in [-0.25, -0.2) is 0 Å². The van der Waals surface area contributed by atoms with Crippen LogP contribution >= 0.6 is 0 Å². The molecule has 4 nitrogen and oxygen atoms in total. The van der Waals surface area contributed by atoms with Crippen LogP contribution in [0.25, 0.3) is 0 Å². The Labute approximate surface area is 116 Å². The van der Waals surface area contributed by atoms with E-state index in [1.165, 1.54) is 32.1 Å². The second-order valence-corrected chi connectivity index (χ2v) is 5.89. The lowest BCUT2D eigenvalue weighted by atomic mass is 10.1. The number of likely N-dealkylation sites (tertiary alicyclic amines) is 2. The van der Waals surface area contributed by atoms with Gasteiger partial charge in [0.05, 0.1) is 0 Å². The van der Waals surface area contributed by atoms with Crippen LogP contribution in [0.2, 0.25) is 0 Å². The van der Waals surface area contributed by atoms with Crippen LogP contribution in [-0.2, 0) is 4.79 Å². The van der Waals surface area contributed by atoms with Crippen molar-refractivity contribution in [1.82, 2.24) is 9.80 Å². The van der Waals surface area contributed by atoms with Crippen LogP contribution in [0.15, 0.2) is 0 Å². The normalized spacial score (nSPS) is 24.9. The molecule has 0 saturated carbocycles. The fraction of sp³-hybridized carbons (Fsp3) is 0.933. The first-order chi connectivity index (χ1) is 9.31. The topological polar surface area (TPSA) is 43.8 Å². The molecule has 19 heavy (non-hydrogen) atoms. The predicted octanol–water partition coefficient (Wildman–Crippen LogP) is 1.63. The molecule has 2 fully saturated rings. The van der Waals surface area contributed by atoms with Crippen molar-refractivity contribution in [3.8, 4) is 0 Å². The molecule has 0 aromatic carbocycles. The molecule has 110 valence electrons. The highest BCUT2D eigenvalue weighted by Crippen LogP contribution is 2.21. The van der Waals surface area contributed by atoms with E-state index in [1.807, 2.05) is 4.90 Å². The highest BCUT2D eigenvalue weighted by atomic mass is 16.3. The minimum Gasteiger partial charge on any atom is -0.396 e. The van der Waals surface area contributed by atoms with Crippen molar-refractivity contribution in [3.63, 3.8) is 0 Å². The van der Waals surface area contributed by atoms with E-state index in [4.69, 9.17) is 5.11 Å². The van der Waals surface area contributed by atoms with Gasteiger partial charge in [-0.2, -0.15) is 0 Å². The van der Waals surface area contributed by atoms with Crippen molar-refractivity contribution in [1.29, 1.82) is 0 Å². The molecule has 1 atom stereocenters. The highest BCUT2D eigenvalue weighted by molar-refractivity contribution is 5.76. The van der Waals surface area contributed by atoms with E-state index >= 15 is 0 Å². The van der Waals surface area contributed by atoms with Crippen LogP contribution in [-0.4, -0.2) is 59.6 Å². The van der Waals surface area contributed by atoms with Gasteiger partial charge in [-0.1, -0.05) is 0 Å². The fourth-order valence-corrected chi connectivity index (χ4v) is 3.38. The number of rotatable bonds is 6. The smallest absolute Gasteiger partial charge is 0.223 e. The number of piperidine rings is 1. The number of carbonyl (C=O) groups excluding carboxylic acids is 1. The van der Waals surface area contributed by atoms with Crippen molar-refractivity contribution in [2.24, 2.45) is 0 Å². The molecule has 4 heteroatoms. The lowest BCUT2D eigenvalue weighted by Crippen LogP contribution is -2.39. The van der Waals surface area contributed by atoms with Crippen LogP contribution in [0.5, 0.6) is 0 Å². The van der Waals surface area contributed by atoms with Crippen LogP contribution in [0.4, 0.5) is 0 Å². The highest BCUT2D eigenvalue weighted by Gasteiger charge is 2.25. The SMILES string of the molecule is O=C(CCN1CCCC1CCCO)N1CCCCC1. The van der Waals surface area contributed by atoms with E-state index in [0.717, 1.165) is 39.0 Å². The summed E-state index contributed by atoms with van der Waals surface area (Å²) in [4.78, 5) is 16.6. The minimum absolute atomic E-state index is 0.289. The Morgan fingerprint density at radius 3 is 2.63 bits per heavy atom. The van der Waals surface area contributed by atoms with Gasteiger partial charge < -0.3 is 10.0 Å². The monoisotopic (exact) mass is 268 g/mol. The van der Waals surface area contributed by atoms with E-state index in [2.05, 4.69) is 4.90 Å². The first kappa shape index (κ1) is 14.8. The van der Waals surface area contributed by atoms with Gasteiger partial charge in [0, 0.05) is 38.7 Å². The summed E-state index contributed by atoms with van der Waals surface area (Å²) >= 11 is 0. The maximum atomic E-state index is 12.1. The van der Waals surface area contributed by atoms with E-state index in [9.17, 15) is 4.79 Å². The zero-order chi connectivity index (χ0) is 13.5. The van der Waals surface area contributed by atoms with E-state index < -0.39 is 0 Å². The van der Waals surface area contributed by atoms with E-state index in [0.29, 0.717) is 18.4 Å². The first-order valence-electron chi connectivity index (χ1n) is 7.94. The summed E-state index contributed by atoms with van der Waals surface area (Å²) in [6.07, 6.45) is 8.75. The summed E-state index contributed by atoms with van der Waals surface area (Å²) in [5.74, 6) is 0.340. The predicted molar refractivity (Wildman–Crippen MR) is 76.0 cm³/mol. The number of carbonyl (C=O) groups is 1. The minimum atomic E-state index is 0.289. The van der Waals surface area contributed by atoms with E-state index in [-0.39, 0.29) is 6.61 Å². The number of hydrogen-bond acceptors (Lipinski definition) is 3. The Kier molecular flexibility index (Phi) is 6.11. The lowest BCUT2D eigenvalue weighted by molar-refractivity contribution is -0.132. The summed E-state index contributed by atoms with van der Waals surface area (Å²) in [6, 6.07) is 0.598. The van der Waals surface area contributed by atoms with Crippen molar-refractivity contribution >= 4 is 5.91 Å². The molecule has 0 bridgehead atoms. The van der Waals surface area contributed by atoms with Gasteiger partial charge in [0.2, 0.25) is 5.91 Å². The first-order valence-corrected chi connectivity index (χ1v) is 7.94. The molecule has 0 aromatic rings. The molecule has 2 saturated heterocycles. The summed E-state index contributed by atoms with van der Waals surface area (Å²) in [5, 5.41) is 8.92. The summed E-state index contributed by atoms with van der Waals surface area (Å²) in [5.41, 5.74) is 0. The average Bonchev–Trinajstić information content (AvgIpc) is 2.91. The molecular formula is C15H28N2O2. The second kappa shape index (κ2) is 7.85. The number of aliphatic hydroxyl groups excluding tert-OH is 1. The zero-order valence-corrected chi connectivity index (χ0v) is 12.0. The standard InChI is InChI=1S/C15H28N2O2/c18-13-5-7-14-6-4-11-16(14)12-8-15(19)17-9-2-1-3-10-17/h14,18H,1-13H2. The van der Waals surface area contributed by atoms with E-state index in [1.54, 1.807) is 0 Å². The number of hydrogen-bond donors (Lipinski definition) is 1. The second-order valence-electron chi connectivity index (χ2n) is 5.89. The van der Waals surface area contributed by atoms with Crippen molar-refractivity contribution in [2.45, 2.75) is 57.4 Å². The molecular weight excluding hydrogens is 240 g/mol. The molecule has 0 spiro atoms. The maximum Gasteiger partial charge on any atom is 0.223 e. The number of nitrogens with zero attached hydrogens (tertiary/aromatic N) is 2. The Morgan fingerprint density at radius 2 is 1.89 bits per heavy atom. The van der Waals surface area contributed by atoms with Crippen molar-refractivity contribution in [2.75, 3.05) is 32.8 Å². The molecule has 2 aliphatic rings. The Hall–Kier alpha value is -0.610. The lowest BCUT2D eigenvalue weighted by Gasteiger charge is -2.29. The Balaban J connectivity index is 1.69. The van der Waals surface area contributed by atoms with Crippen LogP contribution in [0.1, 0.15) is 51.4 Å². The Bertz CT molecular complexity index is 277. The van der Waals surface area contributed by atoms with Crippen molar-refractivity contribution in [3.05, 3.63) is 0 Å². The van der Waals surface area contributed by atoms with Gasteiger partial charge >= 0.3 is 0 Å². The van der Waals surface area contributed by atoms with Gasteiger partial charge in [0.15, 0.2) is 0 Å².